The fourth-order valence-electron chi connectivity index (χ4n) is 4.14. The number of carbonyl (C=O) groups is 4. The summed E-state index contributed by atoms with van der Waals surface area (Å²) >= 11 is 0. The van der Waals surface area contributed by atoms with Crippen LogP contribution in [0, 0.1) is 5.82 Å². The van der Waals surface area contributed by atoms with E-state index in [1.54, 1.807) is 31.2 Å². The number of rotatable bonds is 8. The molecule has 1 aliphatic heterocycles. The van der Waals surface area contributed by atoms with Gasteiger partial charge in [0.1, 0.15) is 17.9 Å². The molecule has 3 N–H and O–H groups in total. The van der Waals surface area contributed by atoms with Gasteiger partial charge < -0.3 is 16.0 Å². The maximum absolute atomic E-state index is 13.4. The van der Waals surface area contributed by atoms with Crippen molar-refractivity contribution in [2.24, 2.45) is 0 Å². The molecule has 0 spiro atoms. The Kier molecular flexibility index (Phi) is 7.10. The summed E-state index contributed by atoms with van der Waals surface area (Å²) in [4.78, 5) is 52.3. The molecule has 1 saturated heterocycles. The van der Waals surface area contributed by atoms with Gasteiger partial charge in [0.2, 0.25) is 5.91 Å². The number of benzene rings is 3. The summed E-state index contributed by atoms with van der Waals surface area (Å²) < 4.78 is 13.4. The van der Waals surface area contributed by atoms with Crippen molar-refractivity contribution in [3.63, 3.8) is 0 Å². The third kappa shape index (κ3) is 4.95. The van der Waals surface area contributed by atoms with Crippen LogP contribution in [0.3, 0.4) is 0 Å². The van der Waals surface area contributed by atoms with E-state index in [2.05, 4.69) is 16.0 Å². The first-order valence-corrected chi connectivity index (χ1v) is 11.4. The minimum atomic E-state index is -1.39. The van der Waals surface area contributed by atoms with Gasteiger partial charge in [-0.25, -0.2) is 9.18 Å². The van der Waals surface area contributed by atoms with Crippen molar-refractivity contribution in [3.05, 3.63) is 101 Å². The Bertz CT molecular complexity index is 1300. The molecule has 184 valence electrons. The lowest BCUT2D eigenvalue weighted by atomic mass is 9.87. The third-order valence-corrected chi connectivity index (χ3v) is 6.09. The van der Waals surface area contributed by atoms with Crippen molar-refractivity contribution in [1.29, 1.82) is 0 Å². The molecule has 0 bridgehead atoms. The van der Waals surface area contributed by atoms with Gasteiger partial charge in [-0.15, -0.1) is 0 Å². The zero-order valence-electron chi connectivity index (χ0n) is 19.6. The van der Waals surface area contributed by atoms with E-state index in [4.69, 9.17) is 0 Å². The number of carbonyl (C=O) groups excluding carboxylic acids is 4. The lowest BCUT2D eigenvalue weighted by Gasteiger charge is -2.25. The molecule has 5 amide bonds. The molecule has 3 aromatic rings. The number of amides is 5. The van der Waals surface area contributed by atoms with E-state index in [-0.39, 0.29) is 23.6 Å². The number of urea groups is 1. The molecule has 0 aromatic heterocycles. The van der Waals surface area contributed by atoms with Crippen LogP contribution in [0.1, 0.15) is 34.8 Å². The van der Waals surface area contributed by atoms with Crippen molar-refractivity contribution in [2.75, 3.05) is 11.9 Å². The van der Waals surface area contributed by atoms with E-state index in [0.29, 0.717) is 12.1 Å². The third-order valence-electron chi connectivity index (χ3n) is 6.09. The molecular formula is C27H25FN4O4. The Labute approximate surface area is 207 Å². The number of nitrogens with one attached hydrogen (secondary N) is 3. The van der Waals surface area contributed by atoms with Crippen molar-refractivity contribution >= 4 is 29.4 Å². The molecular weight excluding hydrogens is 463 g/mol. The SMILES string of the molecule is CC[C@@]1(c2ccc(F)cc2)NC(=O)N(CC(=O)Nc2ccccc2C(=O)NCc2ccccc2)C1=O. The summed E-state index contributed by atoms with van der Waals surface area (Å²) in [5, 5.41) is 8.09. The molecule has 4 rings (SSSR count). The van der Waals surface area contributed by atoms with Gasteiger partial charge in [-0.1, -0.05) is 61.5 Å². The Morgan fingerprint density at radius 3 is 2.31 bits per heavy atom. The normalized spacial score (nSPS) is 17.0. The van der Waals surface area contributed by atoms with Gasteiger partial charge in [0.05, 0.1) is 11.3 Å². The van der Waals surface area contributed by atoms with E-state index in [1.165, 1.54) is 24.3 Å². The van der Waals surface area contributed by atoms with E-state index >= 15 is 0 Å². The second-order valence-electron chi connectivity index (χ2n) is 8.35. The highest BCUT2D eigenvalue weighted by atomic mass is 19.1. The minimum absolute atomic E-state index is 0.214. The molecule has 1 fully saturated rings. The van der Waals surface area contributed by atoms with Gasteiger partial charge in [0, 0.05) is 6.54 Å². The van der Waals surface area contributed by atoms with Crippen LogP contribution >= 0.6 is 0 Å². The van der Waals surface area contributed by atoms with Crippen LogP contribution in [-0.4, -0.2) is 35.2 Å². The number of imide groups is 1. The number of hydrogen-bond acceptors (Lipinski definition) is 4. The van der Waals surface area contributed by atoms with E-state index in [1.807, 2.05) is 30.3 Å². The van der Waals surface area contributed by atoms with Gasteiger partial charge in [0.15, 0.2) is 0 Å². The molecule has 0 radical (unpaired) electrons. The molecule has 1 aliphatic rings. The molecule has 1 atom stereocenters. The van der Waals surface area contributed by atoms with Crippen LogP contribution in [0.15, 0.2) is 78.9 Å². The molecule has 0 aliphatic carbocycles. The summed E-state index contributed by atoms with van der Waals surface area (Å²) in [7, 11) is 0. The summed E-state index contributed by atoms with van der Waals surface area (Å²) in [6.45, 7) is 1.48. The summed E-state index contributed by atoms with van der Waals surface area (Å²) in [5.41, 5.74) is 0.452. The average molecular weight is 489 g/mol. The quantitative estimate of drug-likeness (QED) is 0.422. The minimum Gasteiger partial charge on any atom is -0.348 e. The first kappa shape index (κ1) is 24.6. The van der Waals surface area contributed by atoms with E-state index in [0.717, 1.165) is 10.5 Å². The van der Waals surface area contributed by atoms with Crippen molar-refractivity contribution in [2.45, 2.75) is 25.4 Å². The number of nitrogens with zero attached hydrogens (tertiary/aromatic N) is 1. The second-order valence-corrected chi connectivity index (χ2v) is 8.35. The molecule has 1 heterocycles. The maximum atomic E-state index is 13.4. The molecule has 8 nitrogen and oxygen atoms in total. The molecule has 0 saturated carbocycles. The highest BCUT2D eigenvalue weighted by Gasteiger charge is 2.51. The Morgan fingerprint density at radius 2 is 1.61 bits per heavy atom. The summed E-state index contributed by atoms with van der Waals surface area (Å²) in [6, 6.07) is 20.4. The predicted octanol–water partition coefficient (Wildman–Crippen LogP) is 3.55. The van der Waals surface area contributed by atoms with Crippen molar-refractivity contribution in [1.82, 2.24) is 15.5 Å². The first-order valence-electron chi connectivity index (χ1n) is 11.4. The van der Waals surface area contributed by atoms with Crippen LogP contribution in [0.5, 0.6) is 0 Å². The Balaban J connectivity index is 1.45. The lowest BCUT2D eigenvalue weighted by molar-refractivity contribution is -0.134. The molecule has 3 aromatic carbocycles. The largest absolute Gasteiger partial charge is 0.348 e. The Hall–Kier alpha value is -4.53. The van der Waals surface area contributed by atoms with E-state index < -0.39 is 35.7 Å². The van der Waals surface area contributed by atoms with E-state index in [9.17, 15) is 23.6 Å². The Morgan fingerprint density at radius 1 is 0.944 bits per heavy atom. The highest BCUT2D eigenvalue weighted by Crippen LogP contribution is 2.32. The lowest BCUT2D eigenvalue weighted by Crippen LogP contribution is -2.44. The topological polar surface area (TPSA) is 108 Å². The molecule has 36 heavy (non-hydrogen) atoms. The van der Waals surface area contributed by atoms with Gasteiger partial charge in [-0.2, -0.15) is 0 Å². The number of para-hydroxylation sites is 1. The monoisotopic (exact) mass is 488 g/mol. The van der Waals surface area contributed by atoms with Crippen LogP contribution in [-0.2, 0) is 21.7 Å². The average Bonchev–Trinajstić information content (AvgIpc) is 3.13. The fourth-order valence-corrected chi connectivity index (χ4v) is 4.14. The summed E-state index contributed by atoms with van der Waals surface area (Å²) in [5.74, 6) is -2.10. The predicted molar refractivity (Wildman–Crippen MR) is 131 cm³/mol. The van der Waals surface area contributed by atoms with Crippen LogP contribution < -0.4 is 16.0 Å². The zero-order chi connectivity index (χ0) is 25.7. The van der Waals surface area contributed by atoms with Crippen LogP contribution in [0.2, 0.25) is 0 Å². The van der Waals surface area contributed by atoms with Gasteiger partial charge in [0.25, 0.3) is 11.8 Å². The zero-order valence-corrected chi connectivity index (χ0v) is 19.6. The standard InChI is InChI=1S/C27H25FN4O4/c1-2-27(19-12-14-20(28)15-13-19)25(35)32(26(36)31-27)17-23(33)30-22-11-7-6-10-21(22)24(34)29-16-18-8-4-3-5-9-18/h3-15H,2,16-17H2,1H3,(H,29,34)(H,30,33)(H,31,36)/t27-/m0/s1. The second kappa shape index (κ2) is 10.4. The van der Waals surface area contributed by atoms with Crippen LogP contribution in [0.4, 0.5) is 14.9 Å². The number of anilines is 1. The highest BCUT2D eigenvalue weighted by molar-refractivity contribution is 6.11. The smallest absolute Gasteiger partial charge is 0.325 e. The summed E-state index contributed by atoms with van der Waals surface area (Å²) in [6.07, 6.45) is 0.214. The fraction of sp³-hybridized carbons (Fsp3) is 0.185. The van der Waals surface area contributed by atoms with Gasteiger partial charge in [-0.05, 0) is 41.8 Å². The first-order chi connectivity index (χ1) is 17.3. The number of hydrogen-bond donors (Lipinski definition) is 3. The van der Waals surface area contributed by atoms with Crippen molar-refractivity contribution in [3.8, 4) is 0 Å². The molecule has 0 unspecified atom stereocenters. The molecule has 9 heteroatoms. The van der Waals surface area contributed by atoms with Gasteiger partial charge >= 0.3 is 6.03 Å². The number of halogens is 1. The van der Waals surface area contributed by atoms with Gasteiger partial charge in [-0.3, -0.25) is 19.3 Å². The van der Waals surface area contributed by atoms with Crippen molar-refractivity contribution < 1.29 is 23.6 Å². The maximum Gasteiger partial charge on any atom is 0.325 e. The van der Waals surface area contributed by atoms with Crippen LogP contribution in [0.25, 0.3) is 0 Å².